The number of carbonyl (C=O) groups is 2. The average Bonchev–Trinajstić information content (AvgIpc) is 2.82. The smallest absolute Gasteiger partial charge is 0.393 e. The van der Waals surface area contributed by atoms with Gasteiger partial charge in [-0.3, -0.25) is 0 Å². The van der Waals surface area contributed by atoms with Gasteiger partial charge < -0.3 is 14.8 Å². The highest BCUT2D eigenvalue weighted by Crippen LogP contribution is 2.42. The summed E-state index contributed by atoms with van der Waals surface area (Å²) < 4.78 is 51.0. The Balaban J connectivity index is 2.28. The summed E-state index contributed by atoms with van der Waals surface area (Å²) >= 11 is 0. The molecule has 0 radical (unpaired) electrons. The fourth-order valence-electron chi connectivity index (χ4n) is 4.15. The summed E-state index contributed by atoms with van der Waals surface area (Å²) in [7, 11) is 0. The van der Waals surface area contributed by atoms with Crippen LogP contribution in [0.4, 0.5) is 13.2 Å². The van der Waals surface area contributed by atoms with Crippen LogP contribution in [-0.2, 0) is 25.5 Å². The van der Waals surface area contributed by atoms with Gasteiger partial charge in [-0.25, -0.2) is 9.59 Å². The van der Waals surface area contributed by atoms with Crippen molar-refractivity contribution in [2.75, 3.05) is 13.2 Å². The van der Waals surface area contributed by atoms with E-state index >= 15 is 0 Å². The van der Waals surface area contributed by atoms with Gasteiger partial charge in [0.25, 0.3) is 0 Å². The average molecular weight is 500 g/mol. The molecular formula is C28H28F3NO4. The molecule has 1 N–H and O–H groups in total. The van der Waals surface area contributed by atoms with Crippen molar-refractivity contribution < 1.29 is 32.2 Å². The predicted octanol–water partition coefficient (Wildman–Crippen LogP) is 5.85. The number of dihydropyridines is 1. The number of hydrogen-bond acceptors (Lipinski definition) is 5. The van der Waals surface area contributed by atoms with Gasteiger partial charge in [-0.15, -0.1) is 0 Å². The molecule has 0 spiro atoms. The van der Waals surface area contributed by atoms with E-state index in [4.69, 9.17) is 9.47 Å². The standard InChI is InChI=1S/C28H28F3NO4/c1-4-35-26(33)23-18(3)32-22(16-15-19-11-7-6-8-12-19)25(27(34)36-5-2)24(23)21-14-10-9-13-20(21)17-28(29,30)31/h6-16,24,32H,4-5,17H2,1-3H3. The molecule has 8 heteroatoms. The van der Waals surface area contributed by atoms with E-state index in [0.717, 1.165) is 5.56 Å². The molecule has 0 aromatic heterocycles. The van der Waals surface area contributed by atoms with E-state index < -0.39 is 30.5 Å². The Labute approximate surface area is 208 Å². The highest BCUT2D eigenvalue weighted by molar-refractivity contribution is 6.00. The van der Waals surface area contributed by atoms with Crippen molar-refractivity contribution in [3.8, 4) is 0 Å². The van der Waals surface area contributed by atoms with Crippen LogP contribution in [0.1, 0.15) is 43.4 Å². The van der Waals surface area contributed by atoms with E-state index in [1.54, 1.807) is 39.0 Å². The zero-order valence-corrected chi connectivity index (χ0v) is 20.3. The minimum absolute atomic E-state index is 0.0345. The van der Waals surface area contributed by atoms with E-state index in [1.165, 1.54) is 18.2 Å². The van der Waals surface area contributed by atoms with E-state index in [0.29, 0.717) is 11.4 Å². The molecule has 190 valence electrons. The SMILES string of the molecule is CCOC(=O)C1=C(C)NC(C=Cc2ccccc2)=C(C(=O)OCC)C1c1ccccc1CC(F)(F)F. The number of allylic oxidation sites excluding steroid dienone is 2. The zero-order valence-electron chi connectivity index (χ0n) is 20.3. The Morgan fingerprint density at radius 2 is 1.47 bits per heavy atom. The van der Waals surface area contributed by atoms with Crippen LogP contribution in [0.25, 0.3) is 6.08 Å². The van der Waals surface area contributed by atoms with E-state index in [2.05, 4.69) is 5.32 Å². The molecule has 1 aliphatic rings. The summed E-state index contributed by atoms with van der Waals surface area (Å²) in [5.41, 5.74) is 1.79. The first-order valence-electron chi connectivity index (χ1n) is 11.6. The molecule has 3 rings (SSSR count). The van der Waals surface area contributed by atoms with Gasteiger partial charge in [0.15, 0.2) is 0 Å². The molecule has 0 aliphatic carbocycles. The third-order valence-electron chi connectivity index (χ3n) is 5.58. The second-order valence-electron chi connectivity index (χ2n) is 8.10. The molecule has 2 aromatic carbocycles. The first-order valence-corrected chi connectivity index (χ1v) is 11.6. The summed E-state index contributed by atoms with van der Waals surface area (Å²) in [6.45, 7) is 5.00. The van der Waals surface area contributed by atoms with Gasteiger partial charge in [0.2, 0.25) is 0 Å². The maximum Gasteiger partial charge on any atom is 0.393 e. The Kier molecular flexibility index (Phi) is 8.74. The minimum Gasteiger partial charge on any atom is -0.463 e. The van der Waals surface area contributed by atoms with Crippen molar-refractivity contribution in [1.82, 2.24) is 5.32 Å². The van der Waals surface area contributed by atoms with Crippen molar-refractivity contribution in [2.24, 2.45) is 0 Å². The molecule has 5 nitrogen and oxygen atoms in total. The van der Waals surface area contributed by atoms with Crippen molar-refractivity contribution in [1.29, 1.82) is 0 Å². The number of ether oxygens (including phenoxy) is 2. The lowest BCUT2D eigenvalue weighted by atomic mass is 9.78. The first kappa shape index (κ1) is 26.8. The molecule has 0 fully saturated rings. The quantitative estimate of drug-likeness (QED) is 0.462. The van der Waals surface area contributed by atoms with Crippen LogP contribution >= 0.6 is 0 Å². The third-order valence-corrected chi connectivity index (χ3v) is 5.58. The lowest BCUT2D eigenvalue weighted by molar-refractivity contribution is -0.139. The van der Waals surface area contributed by atoms with Crippen LogP contribution < -0.4 is 5.32 Å². The Morgan fingerprint density at radius 1 is 0.889 bits per heavy atom. The maximum atomic E-state index is 13.5. The van der Waals surface area contributed by atoms with Crippen molar-refractivity contribution in [3.05, 3.63) is 99.9 Å². The van der Waals surface area contributed by atoms with Crippen LogP contribution in [0.15, 0.2) is 83.2 Å². The van der Waals surface area contributed by atoms with E-state index in [1.807, 2.05) is 30.3 Å². The van der Waals surface area contributed by atoms with Crippen LogP contribution in [0.5, 0.6) is 0 Å². The number of rotatable bonds is 8. The van der Waals surface area contributed by atoms with Crippen LogP contribution in [0.3, 0.4) is 0 Å². The number of esters is 2. The summed E-state index contributed by atoms with van der Waals surface area (Å²) in [4.78, 5) is 26.3. The number of carbonyl (C=O) groups excluding carboxylic acids is 2. The molecule has 0 saturated carbocycles. The predicted molar refractivity (Wildman–Crippen MR) is 131 cm³/mol. The number of alkyl halides is 3. The van der Waals surface area contributed by atoms with Gasteiger partial charge in [0.05, 0.1) is 36.7 Å². The maximum absolute atomic E-state index is 13.5. The molecule has 0 amide bonds. The molecule has 2 aromatic rings. The van der Waals surface area contributed by atoms with Crippen molar-refractivity contribution >= 4 is 18.0 Å². The van der Waals surface area contributed by atoms with Crippen LogP contribution in [-0.4, -0.2) is 31.3 Å². The molecule has 36 heavy (non-hydrogen) atoms. The van der Waals surface area contributed by atoms with Gasteiger partial charge >= 0.3 is 18.1 Å². The Bertz CT molecular complexity index is 1200. The fraction of sp³-hybridized carbons (Fsp3) is 0.286. The third kappa shape index (κ3) is 6.44. The van der Waals surface area contributed by atoms with Crippen LogP contribution in [0.2, 0.25) is 0 Å². The molecule has 1 unspecified atom stereocenters. The summed E-state index contributed by atoms with van der Waals surface area (Å²) in [5, 5.41) is 3.08. The monoisotopic (exact) mass is 499 g/mol. The number of halogens is 3. The lowest BCUT2D eigenvalue weighted by Crippen LogP contribution is -2.33. The Hall–Kier alpha value is -3.81. The lowest BCUT2D eigenvalue weighted by Gasteiger charge is -2.32. The fourth-order valence-corrected chi connectivity index (χ4v) is 4.15. The van der Waals surface area contributed by atoms with Crippen molar-refractivity contribution in [2.45, 2.75) is 39.3 Å². The van der Waals surface area contributed by atoms with Gasteiger partial charge in [-0.2, -0.15) is 13.2 Å². The second kappa shape index (κ2) is 11.7. The number of nitrogens with one attached hydrogen (secondary N) is 1. The highest BCUT2D eigenvalue weighted by atomic mass is 19.4. The summed E-state index contributed by atoms with van der Waals surface area (Å²) in [5.74, 6) is -2.58. The minimum atomic E-state index is -4.49. The highest BCUT2D eigenvalue weighted by Gasteiger charge is 2.40. The normalized spacial score (nSPS) is 16.2. The van der Waals surface area contributed by atoms with Gasteiger partial charge in [0.1, 0.15) is 0 Å². The molecule has 1 heterocycles. The Morgan fingerprint density at radius 3 is 2.08 bits per heavy atom. The second-order valence-corrected chi connectivity index (χ2v) is 8.10. The molecular weight excluding hydrogens is 471 g/mol. The molecule has 0 bridgehead atoms. The summed E-state index contributed by atoms with van der Waals surface area (Å²) in [6, 6.07) is 15.2. The van der Waals surface area contributed by atoms with E-state index in [-0.39, 0.29) is 35.5 Å². The molecule has 1 aliphatic heterocycles. The molecule has 0 saturated heterocycles. The van der Waals surface area contributed by atoms with Crippen LogP contribution in [0, 0.1) is 0 Å². The van der Waals surface area contributed by atoms with Crippen molar-refractivity contribution in [3.63, 3.8) is 0 Å². The largest absolute Gasteiger partial charge is 0.463 e. The van der Waals surface area contributed by atoms with Gasteiger partial charge in [-0.05, 0) is 43.5 Å². The van der Waals surface area contributed by atoms with Gasteiger partial charge in [-0.1, -0.05) is 60.7 Å². The first-order chi connectivity index (χ1) is 17.2. The number of benzene rings is 2. The van der Waals surface area contributed by atoms with Gasteiger partial charge in [0, 0.05) is 11.4 Å². The molecule has 1 atom stereocenters. The number of hydrogen-bond donors (Lipinski definition) is 1. The van der Waals surface area contributed by atoms with E-state index in [9.17, 15) is 22.8 Å². The topological polar surface area (TPSA) is 64.6 Å². The zero-order chi connectivity index (χ0) is 26.3. The summed E-state index contributed by atoms with van der Waals surface area (Å²) in [6.07, 6.45) is -2.28.